The van der Waals surface area contributed by atoms with Crippen molar-refractivity contribution < 1.29 is 14.6 Å². The van der Waals surface area contributed by atoms with E-state index >= 15 is 0 Å². The molecule has 4 nitrogen and oxygen atoms in total. The zero-order valence-electron chi connectivity index (χ0n) is 12.3. The first-order chi connectivity index (χ1) is 10.7. The summed E-state index contributed by atoms with van der Waals surface area (Å²) in [7, 11) is 1.63. The smallest absolute Gasteiger partial charge is 0.303 e. The zero-order valence-corrected chi connectivity index (χ0v) is 12.3. The van der Waals surface area contributed by atoms with Crippen LogP contribution in [-0.2, 0) is 11.2 Å². The monoisotopic (exact) mass is 295 g/mol. The molecular weight excluding hydrogens is 278 g/mol. The van der Waals surface area contributed by atoms with Crippen molar-refractivity contribution in [2.45, 2.75) is 12.8 Å². The maximum absolute atomic E-state index is 11.0. The number of fused-ring (bicyclic) bond motifs is 1. The number of hydrogen-bond acceptors (Lipinski definition) is 2. The molecule has 0 spiro atoms. The van der Waals surface area contributed by atoms with Crippen molar-refractivity contribution in [2.24, 2.45) is 0 Å². The Hall–Kier alpha value is -2.75. The van der Waals surface area contributed by atoms with Crippen LogP contribution in [0, 0.1) is 0 Å². The summed E-state index contributed by atoms with van der Waals surface area (Å²) in [5.74, 6) is -0.0288. The molecule has 112 valence electrons. The maximum Gasteiger partial charge on any atom is 0.303 e. The van der Waals surface area contributed by atoms with Crippen LogP contribution < -0.4 is 4.74 Å². The fourth-order valence-corrected chi connectivity index (χ4v) is 2.70. The molecule has 0 aliphatic carbocycles. The number of ether oxygens (including phenoxy) is 1. The quantitative estimate of drug-likeness (QED) is 0.751. The predicted molar refractivity (Wildman–Crippen MR) is 86.2 cm³/mol. The minimum Gasteiger partial charge on any atom is -0.497 e. The summed E-state index contributed by atoms with van der Waals surface area (Å²) in [5, 5.41) is 10.0. The number of carboxylic acids is 1. The SMILES string of the molecule is COc1ccc2[nH]c(-c3ccccc3)c(CCC(=O)O)c2c1. The second-order valence-corrected chi connectivity index (χ2v) is 5.15. The van der Waals surface area contributed by atoms with Crippen LogP contribution in [0.3, 0.4) is 0 Å². The third-order valence-corrected chi connectivity index (χ3v) is 3.76. The lowest BCUT2D eigenvalue weighted by atomic mass is 10.0. The van der Waals surface area contributed by atoms with Crippen LogP contribution in [-0.4, -0.2) is 23.2 Å². The molecule has 2 N–H and O–H groups in total. The van der Waals surface area contributed by atoms with E-state index in [1.165, 1.54) is 0 Å². The van der Waals surface area contributed by atoms with Crippen LogP contribution in [0.2, 0.25) is 0 Å². The number of methoxy groups -OCH3 is 1. The van der Waals surface area contributed by atoms with Crippen molar-refractivity contribution in [1.29, 1.82) is 0 Å². The molecular formula is C18H17NO3. The second-order valence-electron chi connectivity index (χ2n) is 5.15. The van der Waals surface area contributed by atoms with Gasteiger partial charge in [0, 0.05) is 23.0 Å². The largest absolute Gasteiger partial charge is 0.497 e. The highest BCUT2D eigenvalue weighted by atomic mass is 16.5. The highest BCUT2D eigenvalue weighted by molar-refractivity contribution is 5.92. The number of rotatable bonds is 5. The van der Waals surface area contributed by atoms with E-state index in [0.29, 0.717) is 6.42 Å². The van der Waals surface area contributed by atoms with E-state index in [1.54, 1.807) is 7.11 Å². The molecule has 2 aromatic carbocycles. The third kappa shape index (κ3) is 2.68. The van der Waals surface area contributed by atoms with Crippen molar-refractivity contribution in [3.8, 4) is 17.0 Å². The molecule has 0 saturated heterocycles. The normalized spacial score (nSPS) is 10.8. The Balaban J connectivity index is 2.17. The van der Waals surface area contributed by atoms with E-state index in [4.69, 9.17) is 9.84 Å². The molecule has 0 unspecified atom stereocenters. The van der Waals surface area contributed by atoms with Gasteiger partial charge in [0.1, 0.15) is 5.75 Å². The summed E-state index contributed by atoms with van der Waals surface area (Å²) in [6.07, 6.45) is 0.580. The van der Waals surface area contributed by atoms with Crippen molar-refractivity contribution in [3.63, 3.8) is 0 Å². The molecule has 0 bridgehead atoms. The average molecular weight is 295 g/mol. The molecule has 4 heteroatoms. The number of benzene rings is 2. The second kappa shape index (κ2) is 5.93. The van der Waals surface area contributed by atoms with Crippen LogP contribution in [0.5, 0.6) is 5.75 Å². The standard InChI is InChI=1S/C18H17NO3/c1-22-13-7-9-16-15(11-13)14(8-10-17(20)21)18(19-16)12-5-3-2-4-6-12/h2-7,9,11,19H,8,10H2,1H3,(H,20,21). The molecule has 0 atom stereocenters. The number of H-pyrrole nitrogens is 1. The van der Waals surface area contributed by atoms with Gasteiger partial charge in [-0.2, -0.15) is 0 Å². The first-order valence-electron chi connectivity index (χ1n) is 7.15. The molecule has 3 aromatic rings. The molecule has 0 radical (unpaired) electrons. The Labute approximate surface area is 128 Å². The Kier molecular flexibility index (Phi) is 3.83. The Morgan fingerprint density at radius 3 is 2.64 bits per heavy atom. The van der Waals surface area contributed by atoms with E-state index < -0.39 is 5.97 Å². The Morgan fingerprint density at radius 1 is 1.18 bits per heavy atom. The maximum atomic E-state index is 11.0. The highest BCUT2D eigenvalue weighted by Gasteiger charge is 2.14. The third-order valence-electron chi connectivity index (χ3n) is 3.76. The van der Waals surface area contributed by atoms with Gasteiger partial charge >= 0.3 is 5.97 Å². The number of carboxylic acid groups (broad SMARTS) is 1. The van der Waals surface area contributed by atoms with Crippen molar-refractivity contribution in [3.05, 3.63) is 54.1 Å². The number of hydrogen-bond donors (Lipinski definition) is 2. The minimum absolute atomic E-state index is 0.101. The van der Waals surface area contributed by atoms with Crippen LogP contribution in [0.25, 0.3) is 22.2 Å². The number of carbonyl (C=O) groups is 1. The van der Waals surface area contributed by atoms with Gasteiger partial charge in [0.15, 0.2) is 0 Å². The molecule has 0 aliphatic heterocycles. The van der Waals surface area contributed by atoms with Gasteiger partial charge in [0.2, 0.25) is 0 Å². The zero-order chi connectivity index (χ0) is 15.5. The summed E-state index contributed by atoms with van der Waals surface area (Å²) in [6.45, 7) is 0. The van der Waals surface area contributed by atoms with Crippen LogP contribution in [0.15, 0.2) is 48.5 Å². The molecule has 3 rings (SSSR count). The molecule has 0 aliphatic rings. The molecule has 22 heavy (non-hydrogen) atoms. The topological polar surface area (TPSA) is 62.3 Å². The number of aliphatic carboxylic acids is 1. The summed E-state index contributed by atoms with van der Waals surface area (Å²) in [5.41, 5.74) is 4.03. The van der Waals surface area contributed by atoms with Gasteiger partial charge in [0.05, 0.1) is 7.11 Å². The lowest BCUT2D eigenvalue weighted by Crippen LogP contribution is -1.98. The van der Waals surface area contributed by atoms with Gasteiger partial charge in [0.25, 0.3) is 0 Å². The summed E-state index contributed by atoms with van der Waals surface area (Å²) in [6, 6.07) is 15.8. The number of aromatic nitrogens is 1. The van der Waals surface area contributed by atoms with E-state index in [-0.39, 0.29) is 6.42 Å². The summed E-state index contributed by atoms with van der Waals surface area (Å²) < 4.78 is 5.29. The van der Waals surface area contributed by atoms with E-state index in [1.807, 2.05) is 48.5 Å². The van der Waals surface area contributed by atoms with E-state index in [9.17, 15) is 4.79 Å². The van der Waals surface area contributed by atoms with Crippen LogP contribution in [0.1, 0.15) is 12.0 Å². The number of aryl methyl sites for hydroxylation is 1. The van der Waals surface area contributed by atoms with Gasteiger partial charge < -0.3 is 14.8 Å². The molecule has 1 heterocycles. The predicted octanol–water partition coefficient (Wildman–Crippen LogP) is 3.86. The highest BCUT2D eigenvalue weighted by Crippen LogP contribution is 2.33. The fraction of sp³-hybridized carbons (Fsp3) is 0.167. The number of aromatic amines is 1. The minimum atomic E-state index is -0.795. The summed E-state index contributed by atoms with van der Waals surface area (Å²) >= 11 is 0. The molecule has 1 aromatic heterocycles. The number of nitrogens with one attached hydrogen (secondary N) is 1. The molecule has 0 amide bonds. The van der Waals surface area contributed by atoms with Crippen molar-refractivity contribution in [1.82, 2.24) is 4.98 Å². The van der Waals surface area contributed by atoms with Crippen LogP contribution in [0.4, 0.5) is 0 Å². The van der Waals surface area contributed by atoms with Gasteiger partial charge in [-0.1, -0.05) is 30.3 Å². The molecule has 0 fully saturated rings. The van der Waals surface area contributed by atoms with Gasteiger partial charge in [-0.3, -0.25) is 4.79 Å². The van der Waals surface area contributed by atoms with Crippen molar-refractivity contribution in [2.75, 3.05) is 7.11 Å². The fourth-order valence-electron chi connectivity index (χ4n) is 2.70. The van der Waals surface area contributed by atoms with Crippen molar-refractivity contribution >= 4 is 16.9 Å². The first-order valence-corrected chi connectivity index (χ1v) is 7.15. The lowest BCUT2D eigenvalue weighted by molar-refractivity contribution is -0.136. The molecule has 0 saturated carbocycles. The Morgan fingerprint density at radius 2 is 1.95 bits per heavy atom. The van der Waals surface area contributed by atoms with E-state index in [2.05, 4.69) is 4.98 Å². The van der Waals surface area contributed by atoms with Gasteiger partial charge in [-0.25, -0.2) is 0 Å². The lowest BCUT2D eigenvalue weighted by Gasteiger charge is -2.04. The van der Waals surface area contributed by atoms with Gasteiger partial charge in [-0.05, 0) is 35.7 Å². The first kappa shape index (κ1) is 14.2. The van der Waals surface area contributed by atoms with E-state index in [0.717, 1.165) is 33.5 Å². The summed E-state index contributed by atoms with van der Waals surface area (Å²) in [4.78, 5) is 14.4. The Bertz CT molecular complexity index is 806. The van der Waals surface area contributed by atoms with Crippen LogP contribution >= 0.6 is 0 Å². The average Bonchev–Trinajstić information content (AvgIpc) is 2.91. The van der Waals surface area contributed by atoms with Gasteiger partial charge in [-0.15, -0.1) is 0 Å².